The molecule has 0 radical (unpaired) electrons. The Hall–Kier alpha value is -3.04. The van der Waals surface area contributed by atoms with Gasteiger partial charge in [0.05, 0.1) is 17.7 Å². The second-order valence-electron chi connectivity index (χ2n) is 9.95. The fourth-order valence-corrected chi connectivity index (χ4v) is 7.02. The molecule has 1 heterocycles. The van der Waals surface area contributed by atoms with E-state index in [1.54, 1.807) is 19.2 Å². The number of thiol groups is 1. The summed E-state index contributed by atoms with van der Waals surface area (Å²) in [6, 6.07) is 21.5. The molecule has 40 heavy (non-hydrogen) atoms. The number of ether oxygens (including phenoxy) is 1. The average molecular weight is 595 g/mol. The predicted molar refractivity (Wildman–Crippen MR) is 165 cm³/mol. The van der Waals surface area contributed by atoms with Crippen LogP contribution in [0, 0.1) is 0 Å². The van der Waals surface area contributed by atoms with Crippen molar-refractivity contribution in [2.75, 3.05) is 14.2 Å². The van der Waals surface area contributed by atoms with E-state index in [1.807, 2.05) is 60.5 Å². The highest BCUT2D eigenvalue weighted by atomic mass is 35.5. The van der Waals surface area contributed by atoms with Crippen molar-refractivity contribution in [1.82, 2.24) is 10.2 Å². The Kier molecular flexibility index (Phi) is 9.00. The summed E-state index contributed by atoms with van der Waals surface area (Å²) in [5.41, 5.74) is 3.20. The van der Waals surface area contributed by atoms with E-state index in [1.165, 1.54) is 11.3 Å². The normalized spacial score (nSPS) is 17.0. The molecule has 0 spiro atoms. The molecule has 0 saturated heterocycles. The molecule has 1 saturated carbocycles. The Morgan fingerprint density at radius 1 is 1.02 bits per heavy atom. The van der Waals surface area contributed by atoms with Gasteiger partial charge in [0.25, 0.3) is 5.91 Å². The number of benzene rings is 3. The third-order valence-electron chi connectivity index (χ3n) is 7.69. The minimum absolute atomic E-state index is 0.0545. The number of rotatable bonds is 8. The van der Waals surface area contributed by atoms with E-state index in [0.717, 1.165) is 52.5 Å². The van der Waals surface area contributed by atoms with Crippen molar-refractivity contribution in [1.29, 1.82) is 0 Å². The van der Waals surface area contributed by atoms with Gasteiger partial charge in [-0.25, -0.2) is 4.79 Å². The first kappa shape index (κ1) is 28.5. The van der Waals surface area contributed by atoms with E-state index in [9.17, 15) is 9.59 Å². The van der Waals surface area contributed by atoms with Crippen molar-refractivity contribution in [2.45, 2.75) is 44.3 Å². The van der Waals surface area contributed by atoms with E-state index in [2.05, 4.69) is 28.5 Å². The molecule has 1 fully saturated rings. The summed E-state index contributed by atoms with van der Waals surface area (Å²) in [5, 5.41) is 4.80. The van der Waals surface area contributed by atoms with Crippen LogP contribution < -0.4 is 10.1 Å². The van der Waals surface area contributed by atoms with Gasteiger partial charge in [0.2, 0.25) is 0 Å². The zero-order valence-electron chi connectivity index (χ0n) is 22.4. The molecule has 3 aromatic carbocycles. The number of halogens is 1. The monoisotopic (exact) mass is 594 g/mol. The maximum absolute atomic E-state index is 14.2. The van der Waals surface area contributed by atoms with Crippen LogP contribution in [0.5, 0.6) is 5.75 Å². The highest BCUT2D eigenvalue weighted by molar-refractivity contribution is 7.75. The summed E-state index contributed by atoms with van der Waals surface area (Å²) < 4.78 is 11.3. The maximum Gasteiger partial charge on any atom is 0.349 e. The van der Waals surface area contributed by atoms with Crippen LogP contribution >= 0.6 is 35.8 Å². The summed E-state index contributed by atoms with van der Waals surface area (Å²) in [4.78, 5) is 28.6. The van der Waals surface area contributed by atoms with Gasteiger partial charge in [-0.2, -0.15) is 0 Å². The number of fused-ring (bicyclic) bond motifs is 1. The highest BCUT2D eigenvalue weighted by Gasteiger charge is 2.32. The average Bonchev–Trinajstić information content (AvgIpc) is 3.35. The minimum atomic E-state index is -0.507. The molecule has 208 valence electrons. The van der Waals surface area contributed by atoms with Gasteiger partial charge in [0.15, 0.2) is 0 Å². The number of thiophene rings is 1. The number of nitrogens with one attached hydrogen (secondary N) is 1. The lowest BCUT2D eigenvalue weighted by atomic mass is 9.89. The molecule has 1 N–H and O–H groups in total. The number of carbonyl (C=O) groups excluding carboxylic acids is 2. The molecular formula is C31H31ClN2O4S2. The first-order valence-electron chi connectivity index (χ1n) is 13.2. The van der Waals surface area contributed by atoms with E-state index in [4.69, 9.17) is 16.3 Å². The first-order chi connectivity index (χ1) is 19.4. The molecule has 0 unspecified atom stereocenters. The van der Waals surface area contributed by atoms with Gasteiger partial charge >= 0.3 is 5.97 Å². The van der Waals surface area contributed by atoms with Gasteiger partial charge in [-0.1, -0.05) is 48.0 Å². The Labute approximate surface area is 248 Å². The van der Waals surface area contributed by atoms with Crippen LogP contribution in [0.25, 0.3) is 21.2 Å². The van der Waals surface area contributed by atoms with E-state index in [0.29, 0.717) is 33.8 Å². The van der Waals surface area contributed by atoms with Crippen LogP contribution in [0.1, 0.15) is 51.3 Å². The molecule has 1 aliphatic rings. The van der Waals surface area contributed by atoms with Crippen molar-refractivity contribution >= 4 is 57.8 Å². The number of amides is 1. The van der Waals surface area contributed by atoms with Gasteiger partial charge in [-0.05, 0) is 74.2 Å². The molecular weight excluding hydrogens is 564 g/mol. The highest BCUT2D eigenvalue weighted by Crippen LogP contribution is 2.38. The molecule has 1 aromatic heterocycles. The number of hydrogen-bond donors (Lipinski definition) is 2. The fourth-order valence-electron chi connectivity index (χ4n) is 5.44. The molecule has 1 aliphatic carbocycles. The number of nitrogens with zero attached hydrogens (tertiary/aromatic N) is 1. The molecule has 0 bridgehead atoms. The van der Waals surface area contributed by atoms with Crippen LogP contribution in [-0.4, -0.2) is 43.0 Å². The summed E-state index contributed by atoms with van der Waals surface area (Å²) >= 11 is 11.8. The lowest BCUT2D eigenvalue weighted by molar-refractivity contribution is 0.0604. The molecule has 1 amide bonds. The van der Waals surface area contributed by atoms with Crippen molar-refractivity contribution in [3.63, 3.8) is 0 Å². The van der Waals surface area contributed by atoms with E-state index < -0.39 is 5.97 Å². The van der Waals surface area contributed by atoms with E-state index >= 15 is 0 Å². The van der Waals surface area contributed by atoms with Gasteiger partial charge in [0, 0.05) is 47.2 Å². The molecule has 6 nitrogen and oxygen atoms in total. The molecule has 4 aromatic rings. The molecule has 0 aliphatic heterocycles. The summed E-state index contributed by atoms with van der Waals surface area (Å²) in [7, 11) is 3.64. The Balaban J connectivity index is 1.50. The zero-order valence-corrected chi connectivity index (χ0v) is 24.8. The van der Waals surface area contributed by atoms with E-state index in [-0.39, 0.29) is 11.9 Å². The quantitative estimate of drug-likeness (QED) is 0.164. The van der Waals surface area contributed by atoms with Crippen molar-refractivity contribution < 1.29 is 18.5 Å². The number of methoxy groups -OCH3 is 1. The predicted octanol–water partition coefficient (Wildman–Crippen LogP) is 7.40. The third kappa shape index (κ3) is 5.86. The van der Waals surface area contributed by atoms with Crippen LogP contribution in [0.4, 0.5) is 0 Å². The Morgan fingerprint density at radius 2 is 1.73 bits per heavy atom. The van der Waals surface area contributed by atoms with Crippen LogP contribution in [0.2, 0.25) is 5.02 Å². The number of hydrogen-bond acceptors (Lipinski definition) is 7. The standard InChI is InChI=1S/C31H31ClN2O4S2/c1-33-23-12-14-24(15-13-23)34(30(35)29-28(32)25-5-3-4-6-27(25)40-29)18-22-17-21(11-16-26(22)37-2)19-7-9-20(10-8-19)31(36)38-39/h3-11,16-17,23-24,33,39H,12-15,18H2,1-2H3/t23-,24-. The van der Waals surface area contributed by atoms with Crippen molar-refractivity contribution in [3.05, 3.63) is 87.8 Å². The largest absolute Gasteiger partial charge is 0.496 e. The SMILES string of the molecule is CN[C@H]1CC[C@H](N(Cc2cc(-c3ccc(C(=O)OS)cc3)ccc2OC)C(=O)c2sc3ccccc3c2Cl)CC1. The van der Waals surface area contributed by atoms with Crippen LogP contribution in [-0.2, 0) is 10.7 Å². The first-order valence-corrected chi connectivity index (χ1v) is 14.8. The summed E-state index contributed by atoms with van der Waals surface area (Å²) in [6.07, 6.45) is 3.82. The second kappa shape index (κ2) is 12.6. The molecule has 9 heteroatoms. The third-order valence-corrected chi connectivity index (χ3v) is 9.52. The molecule has 0 atom stereocenters. The smallest absolute Gasteiger partial charge is 0.349 e. The van der Waals surface area contributed by atoms with Crippen molar-refractivity contribution in [2.24, 2.45) is 0 Å². The van der Waals surface area contributed by atoms with Crippen LogP contribution in [0.15, 0.2) is 66.7 Å². The molecule has 5 rings (SSSR count). The summed E-state index contributed by atoms with van der Waals surface area (Å²) in [6.45, 7) is 0.388. The Morgan fingerprint density at radius 3 is 2.38 bits per heavy atom. The summed E-state index contributed by atoms with van der Waals surface area (Å²) in [5.74, 6) is 0.150. The Bertz CT molecular complexity index is 1510. The lowest BCUT2D eigenvalue weighted by Crippen LogP contribution is -2.44. The van der Waals surface area contributed by atoms with Gasteiger partial charge in [-0.15, -0.1) is 11.3 Å². The topological polar surface area (TPSA) is 67.9 Å². The lowest BCUT2D eigenvalue weighted by Gasteiger charge is -2.37. The van der Waals surface area contributed by atoms with Crippen molar-refractivity contribution in [3.8, 4) is 16.9 Å². The second-order valence-corrected chi connectivity index (χ2v) is 11.6. The van der Waals surface area contributed by atoms with Gasteiger partial charge in [-0.3, -0.25) is 4.79 Å². The van der Waals surface area contributed by atoms with Gasteiger partial charge in [0.1, 0.15) is 10.6 Å². The van der Waals surface area contributed by atoms with Crippen LogP contribution in [0.3, 0.4) is 0 Å². The zero-order chi connectivity index (χ0) is 28.2. The maximum atomic E-state index is 14.2. The number of carbonyl (C=O) groups is 2. The minimum Gasteiger partial charge on any atom is -0.496 e. The van der Waals surface area contributed by atoms with Gasteiger partial charge < -0.3 is 19.1 Å². The fraction of sp³-hybridized carbons (Fsp3) is 0.290.